The Labute approximate surface area is 124 Å². The van der Waals surface area contributed by atoms with Crippen molar-refractivity contribution in [2.75, 3.05) is 5.32 Å². The molecular formula is C14H12N4O2S. The van der Waals surface area contributed by atoms with Gasteiger partial charge in [-0.3, -0.25) is 9.59 Å². The summed E-state index contributed by atoms with van der Waals surface area (Å²) in [6.07, 6.45) is 3.26. The summed E-state index contributed by atoms with van der Waals surface area (Å²) in [4.78, 5) is 29.2. The molecule has 0 aliphatic rings. The van der Waals surface area contributed by atoms with Gasteiger partial charge in [-0.15, -0.1) is 11.3 Å². The summed E-state index contributed by atoms with van der Waals surface area (Å²) in [5, 5.41) is 8.50. The Morgan fingerprint density at radius 1 is 1.33 bits per heavy atom. The van der Waals surface area contributed by atoms with Gasteiger partial charge < -0.3 is 5.32 Å². The molecule has 0 aliphatic carbocycles. The van der Waals surface area contributed by atoms with Crippen LogP contribution in [-0.4, -0.2) is 20.7 Å². The Morgan fingerprint density at radius 2 is 2.14 bits per heavy atom. The Balaban J connectivity index is 1.83. The number of carbonyl (C=O) groups is 1. The minimum absolute atomic E-state index is 0.137. The molecule has 7 heteroatoms. The number of carbonyl (C=O) groups excluding carboxylic acids is 1. The van der Waals surface area contributed by atoms with Crippen LogP contribution in [-0.2, 0) is 11.3 Å². The maximum absolute atomic E-state index is 12.2. The first-order valence-electron chi connectivity index (χ1n) is 6.30. The van der Waals surface area contributed by atoms with E-state index >= 15 is 0 Å². The van der Waals surface area contributed by atoms with Crippen LogP contribution in [0, 0.1) is 6.92 Å². The van der Waals surface area contributed by atoms with Crippen molar-refractivity contribution in [3.63, 3.8) is 0 Å². The summed E-state index contributed by atoms with van der Waals surface area (Å²) in [5.74, 6) is -0.325. The molecule has 0 saturated carbocycles. The number of anilines is 1. The third-order valence-electron chi connectivity index (χ3n) is 2.92. The first kappa shape index (κ1) is 13.4. The number of amides is 1. The molecule has 0 radical (unpaired) electrons. The van der Waals surface area contributed by atoms with Gasteiger partial charge in [-0.1, -0.05) is 18.2 Å². The van der Waals surface area contributed by atoms with Gasteiger partial charge in [-0.05, 0) is 13.0 Å². The molecule has 6 nitrogen and oxygen atoms in total. The van der Waals surface area contributed by atoms with Gasteiger partial charge in [0.15, 0.2) is 5.13 Å². The second-order valence-corrected chi connectivity index (χ2v) is 5.75. The van der Waals surface area contributed by atoms with Crippen molar-refractivity contribution >= 4 is 33.1 Å². The van der Waals surface area contributed by atoms with Crippen LogP contribution in [0.4, 0.5) is 5.13 Å². The van der Waals surface area contributed by atoms with Crippen molar-refractivity contribution in [1.82, 2.24) is 14.8 Å². The summed E-state index contributed by atoms with van der Waals surface area (Å²) in [6, 6.07) is 7.15. The average Bonchev–Trinajstić information content (AvgIpc) is 2.87. The molecule has 3 aromatic rings. The number of aromatic nitrogens is 3. The molecule has 21 heavy (non-hydrogen) atoms. The molecule has 2 heterocycles. The van der Waals surface area contributed by atoms with E-state index in [4.69, 9.17) is 0 Å². The largest absolute Gasteiger partial charge is 0.300 e. The van der Waals surface area contributed by atoms with E-state index < -0.39 is 0 Å². The number of thiazole rings is 1. The molecular weight excluding hydrogens is 288 g/mol. The van der Waals surface area contributed by atoms with Gasteiger partial charge >= 0.3 is 0 Å². The molecule has 0 fully saturated rings. The maximum Gasteiger partial charge on any atom is 0.275 e. The van der Waals surface area contributed by atoms with E-state index in [1.807, 2.05) is 19.1 Å². The van der Waals surface area contributed by atoms with E-state index in [1.165, 1.54) is 11.3 Å². The van der Waals surface area contributed by atoms with Gasteiger partial charge in [0.05, 0.1) is 11.6 Å². The average molecular weight is 300 g/mol. The van der Waals surface area contributed by atoms with E-state index in [0.717, 1.165) is 14.9 Å². The molecule has 106 valence electrons. The lowest BCUT2D eigenvalue weighted by molar-refractivity contribution is -0.117. The zero-order valence-electron chi connectivity index (χ0n) is 11.2. The highest BCUT2D eigenvalue weighted by Crippen LogP contribution is 2.16. The quantitative estimate of drug-likeness (QED) is 0.800. The lowest BCUT2D eigenvalue weighted by Gasteiger charge is -2.05. The van der Waals surface area contributed by atoms with Gasteiger partial charge in [0.2, 0.25) is 5.91 Å². The number of fused-ring (bicyclic) bond motifs is 1. The highest BCUT2D eigenvalue weighted by atomic mass is 32.1. The van der Waals surface area contributed by atoms with Gasteiger partial charge in [-0.2, -0.15) is 5.10 Å². The Hall–Kier alpha value is -2.54. The van der Waals surface area contributed by atoms with Crippen molar-refractivity contribution in [2.24, 2.45) is 0 Å². The normalized spacial score (nSPS) is 10.7. The number of nitrogens with zero attached hydrogens (tertiary/aromatic N) is 3. The van der Waals surface area contributed by atoms with Gasteiger partial charge in [-0.25, -0.2) is 9.67 Å². The molecule has 0 saturated heterocycles. The number of aryl methyl sites for hydroxylation is 1. The van der Waals surface area contributed by atoms with Crippen molar-refractivity contribution in [2.45, 2.75) is 13.5 Å². The highest BCUT2D eigenvalue weighted by Gasteiger charge is 2.10. The molecule has 0 atom stereocenters. The predicted molar refractivity (Wildman–Crippen MR) is 81.5 cm³/mol. The fraction of sp³-hybridized carbons (Fsp3) is 0.143. The summed E-state index contributed by atoms with van der Waals surface area (Å²) in [5.41, 5.74) is -0.279. The Morgan fingerprint density at radius 3 is 2.90 bits per heavy atom. The highest BCUT2D eigenvalue weighted by molar-refractivity contribution is 7.15. The second-order valence-electron chi connectivity index (χ2n) is 4.52. The molecule has 2 aromatic heterocycles. The zero-order chi connectivity index (χ0) is 14.8. The van der Waals surface area contributed by atoms with Crippen LogP contribution >= 0.6 is 11.3 Å². The summed E-state index contributed by atoms with van der Waals surface area (Å²) >= 11 is 1.38. The third-order valence-corrected chi connectivity index (χ3v) is 3.75. The smallest absolute Gasteiger partial charge is 0.275 e. The number of benzene rings is 1. The third kappa shape index (κ3) is 2.82. The second kappa shape index (κ2) is 5.45. The van der Waals surface area contributed by atoms with Crippen LogP contribution < -0.4 is 10.9 Å². The molecule has 1 aromatic carbocycles. The summed E-state index contributed by atoms with van der Waals surface area (Å²) in [7, 11) is 0. The lowest BCUT2D eigenvalue weighted by Crippen LogP contribution is -2.29. The Kier molecular flexibility index (Phi) is 3.49. The summed E-state index contributed by atoms with van der Waals surface area (Å²) in [6.45, 7) is 1.77. The number of rotatable bonds is 3. The van der Waals surface area contributed by atoms with E-state index in [2.05, 4.69) is 15.4 Å². The molecule has 0 aliphatic heterocycles. The minimum Gasteiger partial charge on any atom is -0.300 e. The SMILES string of the molecule is Cc1cnc(NC(=O)Cn2ncc3ccccc3c2=O)s1. The van der Waals surface area contributed by atoms with Gasteiger partial charge in [0.1, 0.15) is 6.54 Å². The maximum atomic E-state index is 12.2. The zero-order valence-corrected chi connectivity index (χ0v) is 12.1. The first-order valence-corrected chi connectivity index (χ1v) is 7.12. The van der Waals surface area contributed by atoms with Gasteiger partial charge in [0.25, 0.3) is 5.56 Å². The van der Waals surface area contributed by atoms with Crippen molar-refractivity contribution in [3.05, 3.63) is 51.9 Å². The fourth-order valence-corrected chi connectivity index (χ4v) is 2.63. The molecule has 3 rings (SSSR count). The van der Waals surface area contributed by atoms with Crippen LogP contribution in [0.25, 0.3) is 10.8 Å². The molecule has 0 spiro atoms. The number of hydrogen-bond acceptors (Lipinski definition) is 5. The van der Waals surface area contributed by atoms with E-state index in [0.29, 0.717) is 10.5 Å². The predicted octanol–water partition coefficient (Wildman–Crippen LogP) is 1.80. The standard InChI is InChI=1S/C14H12N4O2S/c1-9-6-15-14(21-9)17-12(19)8-18-13(20)11-5-3-2-4-10(11)7-16-18/h2-7H,8H2,1H3,(H,15,17,19). The van der Waals surface area contributed by atoms with Gasteiger partial charge in [0, 0.05) is 16.5 Å². The summed E-state index contributed by atoms with van der Waals surface area (Å²) < 4.78 is 1.15. The number of nitrogens with one attached hydrogen (secondary N) is 1. The lowest BCUT2D eigenvalue weighted by atomic mass is 10.2. The topological polar surface area (TPSA) is 76.9 Å². The van der Waals surface area contributed by atoms with E-state index in [9.17, 15) is 9.59 Å². The van der Waals surface area contributed by atoms with Crippen molar-refractivity contribution in [3.8, 4) is 0 Å². The molecule has 1 N–H and O–H groups in total. The molecule has 1 amide bonds. The van der Waals surface area contributed by atoms with Crippen molar-refractivity contribution < 1.29 is 4.79 Å². The number of hydrogen-bond donors (Lipinski definition) is 1. The fourth-order valence-electron chi connectivity index (χ4n) is 1.95. The first-order chi connectivity index (χ1) is 10.1. The van der Waals surface area contributed by atoms with Crippen molar-refractivity contribution in [1.29, 1.82) is 0 Å². The molecule has 0 unspecified atom stereocenters. The monoisotopic (exact) mass is 300 g/mol. The van der Waals surface area contributed by atoms with E-state index in [1.54, 1.807) is 24.5 Å². The Bertz CT molecular complexity index is 869. The van der Waals surface area contributed by atoms with Crippen LogP contribution in [0.1, 0.15) is 4.88 Å². The molecule has 0 bridgehead atoms. The van der Waals surface area contributed by atoms with E-state index in [-0.39, 0.29) is 18.0 Å². The van der Waals surface area contributed by atoms with Crippen LogP contribution in [0.15, 0.2) is 41.5 Å². The van der Waals surface area contributed by atoms with Crippen LogP contribution in [0.3, 0.4) is 0 Å². The van der Waals surface area contributed by atoms with Crippen LogP contribution in [0.5, 0.6) is 0 Å². The van der Waals surface area contributed by atoms with Crippen LogP contribution in [0.2, 0.25) is 0 Å². The minimum atomic E-state index is -0.325.